The van der Waals surface area contributed by atoms with Crippen LogP contribution < -0.4 is 10.6 Å². The van der Waals surface area contributed by atoms with Crippen LogP contribution in [0.4, 0.5) is 11.4 Å². The molecule has 2 rings (SSSR count). The van der Waals surface area contributed by atoms with E-state index in [1.54, 1.807) is 19.2 Å². The van der Waals surface area contributed by atoms with E-state index >= 15 is 0 Å². The van der Waals surface area contributed by atoms with Crippen LogP contribution in [0.2, 0.25) is 0 Å². The maximum Gasteiger partial charge on any atom is 0.293 e. The highest BCUT2D eigenvalue weighted by Crippen LogP contribution is 2.25. The smallest absolute Gasteiger partial charge is 0.293 e. The maximum atomic E-state index is 12.1. The number of carbonyl (C=O) groups excluding carboxylic acids is 1. The number of hydrogen-bond donors (Lipinski definition) is 2. The fraction of sp³-hybridized carbons (Fsp3) is 0.500. The lowest BCUT2D eigenvalue weighted by Gasteiger charge is -2.21. The average Bonchev–Trinajstić information content (AvgIpc) is 2.52. The lowest BCUT2D eigenvalue weighted by atomic mass is 10.0. The number of hydrogen-bond acceptors (Lipinski definition) is 5. The van der Waals surface area contributed by atoms with Gasteiger partial charge in [-0.25, -0.2) is 0 Å². The Morgan fingerprint density at radius 2 is 2.14 bits per heavy atom. The first-order valence-electron chi connectivity index (χ1n) is 6.94. The van der Waals surface area contributed by atoms with E-state index in [0.717, 1.165) is 24.3 Å². The first-order chi connectivity index (χ1) is 10.1. The number of amides is 1. The SMILES string of the molecule is CNc1ccc(C(=O)NCC2CCSCC2)cc1[N+](=O)[O-]. The monoisotopic (exact) mass is 309 g/mol. The molecule has 0 unspecified atom stereocenters. The molecule has 114 valence electrons. The zero-order chi connectivity index (χ0) is 15.2. The maximum absolute atomic E-state index is 12.1. The number of carbonyl (C=O) groups is 1. The summed E-state index contributed by atoms with van der Waals surface area (Å²) < 4.78 is 0. The van der Waals surface area contributed by atoms with Crippen LogP contribution in [-0.4, -0.2) is 35.9 Å². The molecule has 1 heterocycles. The molecule has 0 spiro atoms. The molecule has 0 atom stereocenters. The third-order valence-electron chi connectivity index (χ3n) is 3.62. The second kappa shape index (κ2) is 7.31. The van der Waals surface area contributed by atoms with Crippen LogP contribution in [0.15, 0.2) is 18.2 Å². The Bertz CT molecular complexity index is 530. The fourth-order valence-electron chi connectivity index (χ4n) is 2.32. The molecule has 0 saturated carbocycles. The van der Waals surface area contributed by atoms with Crippen LogP contribution in [0.5, 0.6) is 0 Å². The molecule has 7 heteroatoms. The van der Waals surface area contributed by atoms with E-state index in [4.69, 9.17) is 0 Å². The van der Waals surface area contributed by atoms with Crippen LogP contribution in [0, 0.1) is 16.0 Å². The Balaban J connectivity index is 2.01. The van der Waals surface area contributed by atoms with Crippen molar-refractivity contribution in [1.82, 2.24) is 5.32 Å². The van der Waals surface area contributed by atoms with Gasteiger partial charge in [-0.2, -0.15) is 11.8 Å². The van der Waals surface area contributed by atoms with Crippen LogP contribution in [0.25, 0.3) is 0 Å². The lowest BCUT2D eigenvalue weighted by molar-refractivity contribution is -0.384. The Morgan fingerprint density at radius 1 is 1.43 bits per heavy atom. The summed E-state index contributed by atoms with van der Waals surface area (Å²) in [5, 5.41) is 16.6. The van der Waals surface area contributed by atoms with Crippen molar-refractivity contribution in [3.05, 3.63) is 33.9 Å². The minimum absolute atomic E-state index is 0.0841. The summed E-state index contributed by atoms with van der Waals surface area (Å²) >= 11 is 1.94. The predicted molar refractivity (Wildman–Crippen MR) is 85.0 cm³/mol. The lowest BCUT2D eigenvalue weighted by Crippen LogP contribution is -2.31. The Morgan fingerprint density at radius 3 is 2.76 bits per heavy atom. The molecule has 0 radical (unpaired) electrons. The number of nitro benzene ring substituents is 1. The molecule has 1 aromatic carbocycles. The Kier molecular flexibility index (Phi) is 5.44. The second-order valence-corrected chi connectivity index (χ2v) is 6.23. The van der Waals surface area contributed by atoms with Crippen molar-refractivity contribution in [3.63, 3.8) is 0 Å². The number of nitrogens with one attached hydrogen (secondary N) is 2. The number of nitro groups is 1. The summed E-state index contributed by atoms with van der Waals surface area (Å²) in [6.07, 6.45) is 2.23. The third-order valence-corrected chi connectivity index (χ3v) is 4.67. The zero-order valence-corrected chi connectivity index (χ0v) is 12.7. The molecule has 1 aliphatic heterocycles. The molecule has 0 aromatic heterocycles. The molecule has 0 aliphatic carbocycles. The normalized spacial score (nSPS) is 15.5. The Labute approximate surface area is 127 Å². The minimum atomic E-state index is -0.485. The van der Waals surface area contributed by atoms with E-state index in [-0.39, 0.29) is 11.6 Å². The summed E-state index contributed by atoms with van der Waals surface area (Å²) in [5.74, 6) is 2.55. The standard InChI is InChI=1S/C14H19N3O3S/c1-15-12-3-2-11(8-13(12)17(19)20)14(18)16-9-10-4-6-21-7-5-10/h2-3,8,10,15H,4-7,9H2,1H3,(H,16,18). The topological polar surface area (TPSA) is 84.3 Å². The second-order valence-electron chi connectivity index (χ2n) is 5.00. The first kappa shape index (κ1) is 15.6. The quantitative estimate of drug-likeness (QED) is 0.645. The number of anilines is 1. The molecular formula is C14H19N3O3S. The zero-order valence-electron chi connectivity index (χ0n) is 11.9. The molecule has 1 fully saturated rings. The molecule has 1 amide bonds. The molecule has 1 aromatic rings. The van der Waals surface area contributed by atoms with E-state index < -0.39 is 4.92 Å². The highest BCUT2D eigenvalue weighted by Gasteiger charge is 2.18. The Hall–Kier alpha value is -1.76. The van der Waals surface area contributed by atoms with E-state index in [1.807, 2.05) is 11.8 Å². The van der Waals surface area contributed by atoms with Gasteiger partial charge in [0.2, 0.25) is 0 Å². The fourth-order valence-corrected chi connectivity index (χ4v) is 3.53. The summed E-state index contributed by atoms with van der Waals surface area (Å²) in [4.78, 5) is 22.6. The van der Waals surface area contributed by atoms with Gasteiger partial charge < -0.3 is 10.6 Å². The van der Waals surface area contributed by atoms with Crippen molar-refractivity contribution >= 4 is 29.0 Å². The van der Waals surface area contributed by atoms with Crippen molar-refractivity contribution in [1.29, 1.82) is 0 Å². The van der Waals surface area contributed by atoms with E-state index in [0.29, 0.717) is 23.7 Å². The summed E-state index contributed by atoms with van der Waals surface area (Å²) in [7, 11) is 1.61. The van der Waals surface area contributed by atoms with Crippen molar-refractivity contribution in [2.45, 2.75) is 12.8 Å². The van der Waals surface area contributed by atoms with Crippen LogP contribution in [-0.2, 0) is 0 Å². The molecule has 0 bridgehead atoms. The van der Waals surface area contributed by atoms with Crippen molar-refractivity contribution < 1.29 is 9.72 Å². The minimum Gasteiger partial charge on any atom is -0.383 e. The van der Waals surface area contributed by atoms with Gasteiger partial charge in [0.25, 0.3) is 11.6 Å². The molecule has 1 aliphatic rings. The van der Waals surface area contributed by atoms with E-state index in [9.17, 15) is 14.9 Å². The van der Waals surface area contributed by atoms with Crippen molar-refractivity contribution in [3.8, 4) is 0 Å². The highest BCUT2D eigenvalue weighted by atomic mass is 32.2. The van der Waals surface area contributed by atoms with Gasteiger partial charge in [-0.05, 0) is 42.4 Å². The van der Waals surface area contributed by atoms with Crippen LogP contribution in [0.3, 0.4) is 0 Å². The average molecular weight is 309 g/mol. The molecule has 2 N–H and O–H groups in total. The van der Waals surface area contributed by atoms with Gasteiger partial charge in [0.05, 0.1) is 4.92 Å². The van der Waals surface area contributed by atoms with Gasteiger partial charge in [-0.15, -0.1) is 0 Å². The largest absolute Gasteiger partial charge is 0.383 e. The van der Waals surface area contributed by atoms with Gasteiger partial charge in [0, 0.05) is 25.2 Å². The summed E-state index contributed by atoms with van der Waals surface area (Å²) in [5.41, 5.74) is 0.644. The highest BCUT2D eigenvalue weighted by molar-refractivity contribution is 7.99. The van der Waals surface area contributed by atoms with Crippen molar-refractivity contribution in [2.24, 2.45) is 5.92 Å². The summed E-state index contributed by atoms with van der Waals surface area (Å²) in [6.45, 7) is 0.640. The van der Waals surface area contributed by atoms with Gasteiger partial charge in [0.1, 0.15) is 5.69 Å². The van der Waals surface area contributed by atoms with E-state index in [2.05, 4.69) is 10.6 Å². The number of thioether (sulfide) groups is 1. The molecule has 21 heavy (non-hydrogen) atoms. The van der Waals surface area contributed by atoms with Crippen molar-refractivity contribution in [2.75, 3.05) is 30.4 Å². The van der Waals surface area contributed by atoms with E-state index in [1.165, 1.54) is 6.07 Å². The van der Waals surface area contributed by atoms with Gasteiger partial charge in [-0.3, -0.25) is 14.9 Å². The first-order valence-corrected chi connectivity index (χ1v) is 8.09. The predicted octanol–water partition coefficient (Wildman–Crippen LogP) is 2.51. The number of nitrogens with zero attached hydrogens (tertiary/aromatic N) is 1. The third kappa shape index (κ3) is 4.10. The van der Waals surface area contributed by atoms with Crippen LogP contribution in [0.1, 0.15) is 23.2 Å². The molecular weight excluding hydrogens is 290 g/mol. The molecule has 1 saturated heterocycles. The molecule has 6 nitrogen and oxygen atoms in total. The summed E-state index contributed by atoms with van der Waals surface area (Å²) in [6, 6.07) is 4.48. The number of benzene rings is 1. The van der Waals surface area contributed by atoms with Gasteiger partial charge in [0.15, 0.2) is 0 Å². The van der Waals surface area contributed by atoms with Crippen LogP contribution >= 0.6 is 11.8 Å². The van der Waals surface area contributed by atoms with Gasteiger partial charge >= 0.3 is 0 Å². The number of rotatable bonds is 5. The van der Waals surface area contributed by atoms with Gasteiger partial charge in [-0.1, -0.05) is 0 Å².